The number of carbonyl (C=O) groups excluding carboxylic acids is 2. The SMILES string of the molecule is COC(=O)c1cc(C(=O)C(=O)O)n2c1CC(NC(C)(C)C)C2. The van der Waals surface area contributed by atoms with Gasteiger partial charge in [0.05, 0.1) is 18.4 Å². The monoisotopic (exact) mass is 308 g/mol. The molecule has 1 aromatic heterocycles. The number of hydrogen-bond acceptors (Lipinski definition) is 5. The molecule has 1 aliphatic rings. The fourth-order valence-electron chi connectivity index (χ4n) is 2.83. The van der Waals surface area contributed by atoms with Gasteiger partial charge in [-0.15, -0.1) is 0 Å². The minimum Gasteiger partial charge on any atom is -0.475 e. The summed E-state index contributed by atoms with van der Waals surface area (Å²) in [6, 6.07) is 1.34. The third kappa shape index (κ3) is 3.04. The highest BCUT2D eigenvalue weighted by molar-refractivity contribution is 6.39. The van der Waals surface area contributed by atoms with Crippen LogP contribution < -0.4 is 5.32 Å². The quantitative estimate of drug-likeness (QED) is 0.486. The first-order valence-electron chi connectivity index (χ1n) is 7.00. The van der Waals surface area contributed by atoms with Crippen molar-refractivity contribution < 1.29 is 24.2 Å². The van der Waals surface area contributed by atoms with E-state index in [1.807, 2.05) is 20.8 Å². The maximum atomic E-state index is 11.9. The standard InChI is InChI=1S/C15H20N2O5/c1-15(2,3)16-8-5-10-9(14(21)22-4)6-11(17(10)7-8)12(18)13(19)20/h6,8,16H,5,7H2,1-4H3,(H,19,20). The van der Waals surface area contributed by atoms with Gasteiger partial charge in [0, 0.05) is 30.2 Å². The Balaban J connectivity index is 2.40. The molecule has 0 radical (unpaired) electrons. The molecule has 120 valence electrons. The van der Waals surface area contributed by atoms with Gasteiger partial charge in [-0.1, -0.05) is 0 Å². The summed E-state index contributed by atoms with van der Waals surface area (Å²) in [5, 5.41) is 12.3. The van der Waals surface area contributed by atoms with Crippen LogP contribution in [0.3, 0.4) is 0 Å². The van der Waals surface area contributed by atoms with Gasteiger partial charge in [0.1, 0.15) is 0 Å². The number of hydrogen-bond donors (Lipinski definition) is 2. The Kier molecular flexibility index (Phi) is 4.10. The summed E-state index contributed by atoms with van der Waals surface area (Å²) in [5.41, 5.74) is 0.779. The summed E-state index contributed by atoms with van der Waals surface area (Å²) in [7, 11) is 1.25. The first-order chi connectivity index (χ1) is 10.1. The van der Waals surface area contributed by atoms with Crippen molar-refractivity contribution in [2.45, 2.75) is 45.3 Å². The molecule has 1 aromatic rings. The zero-order valence-electron chi connectivity index (χ0n) is 13.1. The van der Waals surface area contributed by atoms with Crippen molar-refractivity contribution in [3.63, 3.8) is 0 Å². The van der Waals surface area contributed by atoms with Crippen molar-refractivity contribution >= 4 is 17.7 Å². The van der Waals surface area contributed by atoms with Crippen LogP contribution in [0.5, 0.6) is 0 Å². The van der Waals surface area contributed by atoms with Crippen LogP contribution in [0.2, 0.25) is 0 Å². The van der Waals surface area contributed by atoms with E-state index in [0.29, 0.717) is 18.7 Å². The van der Waals surface area contributed by atoms with E-state index >= 15 is 0 Å². The van der Waals surface area contributed by atoms with Gasteiger partial charge in [-0.05, 0) is 26.8 Å². The number of Topliss-reactive ketones (excluding diaryl/α,β-unsaturated/α-hetero) is 1. The fraction of sp³-hybridized carbons (Fsp3) is 0.533. The molecule has 2 rings (SSSR count). The normalized spacial score (nSPS) is 17.2. The maximum absolute atomic E-state index is 11.9. The minimum atomic E-state index is -1.54. The number of esters is 1. The summed E-state index contributed by atoms with van der Waals surface area (Å²) < 4.78 is 6.32. The Morgan fingerprint density at radius 3 is 2.50 bits per heavy atom. The van der Waals surface area contributed by atoms with Crippen LogP contribution in [0.1, 0.15) is 47.3 Å². The molecule has 0 aromatic carbocycles. The Morgan fingerprint density at radius 1 is 1.36 bits per heavy atom. The lowest BCUT2D eigenvalue weighted by atomic mass is 10.0. The van der Waals surface area contributed by atoms with Gasteiger partial charge in [0.15, 0.2) is 0 Å². The lowest BCUT2D eigenvalue weighted by molar-refractivity contribution is -0.131. The first kappa shape index (κ1) is 16.2. The molecule has 0 spiro atoms. The first-order valence-corrected chi connectivity index (χ1v) is 7.00. The molecule has 0 saturated carbocycles. The molecule has 7 heteroatoms. The van der Waals surface area contributed by atoms with Crippen LogP contribution in [0.4, 0.5) is 0 Å². The third-order valence-corrected chi connectivity index (χ3v) is 3.52. The van der Waals surface area contributed by atoms with Crippen molar-refractivity contribution in [2.24, 2.45) is 0 Å². The maximum Gasteiger partial charge on any atom is 0.378 e. The second kappa shape index (κ2) is 5.57. The lowest BCUT2D eigenvalue weighted by Gasteiger charge is -2.25. The predicted octanol–water partition coefficient (Wildman–Crippen LogP) is 0.855. The molecule has 1 atom stereocenters. The Bertz CT molecular complexity index is 639. The second-order valence-corrected chi connectivity index (χ2v) is 6.42. The third-order valence-electron chi connectivity index (χ3n) is 3.52. The molecule has 0 saturated heterocycles. The minimum absolute atomic E-state index is 0.0149. The molecule has 0 fully saturated rings. The Morgan fingerprint density at radius 2 is 2.00 bits per heavy atom. The number of aliphatic carboxylic acids is 1. The van der Waals surface area contributed by atoms with Gasteiger partial charge in [-0.2, -0.15) is 0 Å². The smallest absolute Gasteiger partial charge is 0.378 e. The summed E-state index contributed by atoms with van der Waals surface area (Å²) >= 11 is 0. The van der Waals surface area contributed by atoms with Crippen LogP contribution in [0.25, 0.3) is 0 Å². The topological polar surface area (TPSA) is 97.6 Å². The van der Waals surface area contributed by atoms with Gasteiger partial charge in [-0.25, -0.2) is 9.59 Å². The van der Waals surface area contributed by atoms with Gasteiger partial charge in [0.25, 0.3) is 5.78 Å². The second-order valence-electron chi connectivity index (χ2n) is 6.42. The predicted molar refractivity (Wildman–Crippen MR) is 78.1 cm³/mol. The molecular formula is C15H20N2O5. The van der Waals surface area contributed by atoms with E-state index in [1.54, 1.807) is 4.57 Å². The van der Waals surface area contributed by atoms with Crippen LogP contribution in [0.15, 0.2) is 6.07 Å². The molecule has 0 bridgehead atoms. The number of nitrogens with one attached hydrogen (secondary N) is 1. The Hall–Kier alpha value is -2.15. The number of methoxy groups -OCH3 is 1. The summed E-state index contributed by atoms with van der Waals surface area (Å²) in [4.78, 5) is 34.6. The van der Waals surface area contributed by atoms with Gasteiger partial charge in [0.2, 0.25) is 0 Å². The van der Waals surface area contributed by atoms with Gasteiger partial charge in [-0.3, -0.25) is 4.79 Å². The summed E-state index contributed by atoms with van der Waals surface area (Å²) in [5.74, 6) is -3.12. The number of nitrogens with zero attached hydrogens (tertiary/aromatic N) is 1. The van der Waals surface area contributed by atoms with Gasteiger partial charge >= 0.3 is 11.9 Å². The molecule has 2 N–H and O–H groups in total. The van der Waals surface area contributed by atoms with Crippen LogP contribution in [-0.2, 0) is 22.5 Å². The zero-order chi connectivity index (χ0) is 16.7. The van der Waals surface area contributed by atoms with Crippen molar-refractivity contribution in [3.05, 3.63) is 23.0 Å². The highest BCUT2D eigenvalue weighted by atomic mass is 16.5. The number of carboxylic acid groups (broad SMARTS) is 1. The number of aromatic nitrogens is 1. The Labute approximate surface area is 128 Å². The average molecular weight is 308 g/mol. The summed E-state index contributed by atoms with van der Waals surface area (Å²) in [6.45, 7) is 6.50. The average Bonchev–Trinajstić information content (AvgIpc) is 2.93. The van der Waals surface area contributed by atoms with Crippen LogP contribution >= 0.6 is 0 Å². The highest BCUT2D eigenvalue weighted by Gasteiger charge is 2.34. The molecule has 1 aliphatic heterocycles. The van der Waals surface area contributed by atoms with Crippen LogP contribution in [-0.4, -0.2) is 46.1 Å². The summed E-state index contributed by atoms with van der Waals surface area (Å²) in [6.07, 6.45) is 0.536. The van der Waals surface area contributed by atoms with Crippen molar-refractivity contribution in [1.82, 2.24) is 9.88 Å². The van der Waals surface area contributed by atoms with E-state index in [0.717, 1.165) is 0 Å². The number of ether oxygens (including phenoxy) is 1. The molecule has 1 unspecified atom stereocenters. The number of fused-ring (bicyclic) bond motifs is 1. The van der Waals surface area contributed by atoms with E-state index in [-0.39, 0.29) is 22.8 Å². The number of rotatable bonds is 4. The van der Waals surface area contributed by atoms with Crippen molar-refractivity contribution in [2.75, 3.05) is 7.11 Å². The number of ketones is 1. The van der Waals surface area contributed by atoms with E-state index in [2.05, 4.69) is 5.32 Å². The molecule has 0 amide bonds. The molecule has 2 heterocycles. The van der Waals surface area contributed by atoms with E-state index < -0.39 is 17.7 Å². The zero-order valence-corrected chi connectivity index (χ0v) is 13.1. The molecular weight excluding hydrogens is 288 g/mol. The lowest BCUT2D eigenvalue weighted by Crippen LogP contribution is -2.44. The van der Waals surface area contributed by atoms with E-state index in [9.17, 15) is 14.4 Å². The van der Waals surface area contributed by atoms with Gasteiger partial charge < -0.3 is 19.7 Å². The fourth-order valence-corrected chi connectivity index (χ4v) is 2.83. The van der Waals surface area contributed by atoms with E-state index in [1.165, 1.54) is 13.2 Å². The highest BCUT2D eigenvalue weighted by Crippen LogP contribution is 2.26. The number of carboxylic acids is 1. The molecule has 7 nitrogen and oxygen atoms in total. The van der Waals surface area contributed by atoms with Crippen molar-refractivity contribution in [3.8, 4) is 0 Å². The molecule has 0 aliphatic carbocycles. The van der Waals surface area contributed by atoms with E-state index in [4.69, 9.17) is 9.84 Å². The molecule has 22 heavy (non-hydrogen) atoms. The largest absolute Gasteiger partial charge is 0.475 e. The number of carbonyl (C=O) groups is 3. The van der Waals surface area contributed by atoms with Crippen molar-refractivity contribution in [1.29, 1.82) is 0 Å². The van der Waals surface area contributed by atoms with Crippen LogP contribution in [0, 0.1) is 0 Å².